The first-order chi connectivity index (χ1) is 12.0. The van der Waals surface area contributed by atoms with E-state index >= 15 is 0 Å². The SMILES string of the molecule is CN(C[C@H](O)[C@H](O)[C@@H](O)[C@H](O)CO)C(=O)C(C)(C)Oc1ccc(Cl)cc1. The molecule has 148 valence electrons. The van der Waals surface area contributed by atoms with Crippen LogP contribution in [-0.2, 0) is 4.79 Å². The summed E-state index contributed by atoms with van der Waals surface area (Å²) >= 11 is 5.80. The zero-order chi connectivity index (χ0) is 20.1. The molecule has 0 bridgehead atoms. The van der Waals surface area contributed by atoms with Crippen LogP contribution < -0.4 is 4.74 Å². The summed E-state index contributed by atoms with van der Waals surface area (Å²) in [4.78, 5) is 13.7. The molecule has 8 nitrogen and oxygen atoms in total. The molecule has 0 heterocycles. The Kier molecular flexibility index (Phi) is 8.26. The maximum atomic E-state index is 12.6. The molecule has 0 radical (unpaired) electrons. The van der Waals surface area contributed by atoms with Crippen LogP contribution in [-0.4, -0.2) is 86.6 Å². The number of aliphatic hydroxyl groups excluding tert-OH is 5. The molecule has 1 aromatic carbocycles. The lowest BCUT2D eigenvalue weighted by Gasteiger charge is -2.33. The van der Waals surface area contributed by atoms with E-state index in [-0.39, 0.29) is 6.54 Å². The highest BCUT2D eigenvalue weighted by Gasteiger charge is 2.36. The summed E-state index contributed by atoms with van der Waals surface area (Å²) in [6.07, 6.45) is -6.64. The molecule has 0 aliphatic carbocycles. The maximum absolute atomic E-state index is 12.6. The highest BCUT2D eigenvalue weighted by Crippen LogP contribution is 2.22. The van der Waals surface area contributed by atoms with Crippen LogP contribution in [0.25, 0.3) is 0 Å². The van der Waals surface area contributed by atoms with Crippen LogP contribution in [0.3, 0.4) is 0 Å². The molecule has 5 N–H and O–H groups in total. The van der Waals surface area contributed by atoms with E-state index in [0.29, 0.717) is 10.8 Å². The number of carbonyl (C=O) groups is 1. The maximum Gasteiger partial charge on any atom is 0.266 e. The predicted molar refractivity (Wildman–Crippen MR) is 94.9 cm³/mol. The minimum atomic E-state index is -1.75. The monoisotopic (exact) mass is 391 g/mol. The Balaban J connectivity index is 2.71. The average molecular weight is 392 g/mol. The zero-order valence-corrected chi connectivity index (χ0v) is 15.7. The molecule has 0 saturated heterocycles. The summed E-state index contributed by atoms with van der Waals surface area (Å²) in [6, 6.07) is 6.47. The topological polar surface area (TPSA) is 131 Å². The van der Waals surface area contributed by atoms with Gasteiger partial charge in [-0.2, -0.15) is 0 Å². The molecular formula is C17H26ClNO7. The Morgan fingerprint density at radius 2 is 1.62 bits per heavy atom. The van der Waals surface area contributed by atoms with Gasteiger partial charge in [0.1, 0.15) is 30.2 Å². The first-order valence-corrected chi connectivity index (χ1v) is 8.40. The van der Waals surface area contributed by atoms with Crippen molar-refractivity contribution >= 4 is 17.5 Å². The first-order valence-electron chi connectivity index (χ1n) is 8.03. The number of likely N-dealkylation sites (N-methyl/N-ethyl adjacent to an activating group) is 1. The summed E-state index contributed by atoms with van der Waals surface area (Å²) in [6.45, 7) is 2.01. The Hall–Kier alpha value is -1.42. The minimum Gasteiger partial charge on any atom is -0.478 e. The van der Waals surface area contributed by atoms with Gasteiger partial charge in [0, 0.05) is 18.6 Å². The molecule has 4 atom stereocenters. The lowest BCUT2D eigenvalue weighted by atomic mass is 10.0. The van der Waals surface area contributed by atoms with Crippen LogP contribution in [0.15, 0.2) is 24.3 Å². The van der Waals surface area contributed by atoms with E-state index < -0.39 is 42.5 Å². The molecule has 0 spiro atoms. The Morgan fingerprint density at radius 3 is 2.12 bits per heavy atom. The van der Waals surface area contributed by atoms with Gasteiger partial charge in [0.05, 0.1) is 6.61 Å². The summed E-state index contributed by atoms with van der Waals surface area (Å²) in [5.74, 6) is -0.0425. The lowest BCUT2D eigenvalue weighted by molar-refractivity contribution is -0.149. The fourth-order valence-corrected chi connectivity index (χ4v) is 2.46. The largest absolute Gasteiger partial charge is 0.478 e. The number of amides is 1. The highest BCUT2D eigenvalue weighted by molar-refractivity contribution is 6.30. The second-order valence-electron chi connectivity index (χ2n) is 6.55. The molecule has 0 fully saturated rings. The molecule has 1 aromatic rings. The summed E-state index contributed by atoms with van der Waals surface area (Å²) in [5.41, 5.74) is -1.27. The number of nitrogens with zero attached hydrogens (tertiary/aromatic N) is 1. The molecule has 9 heteroatoms. The van der Waals surface area contributed by atoms with E-state index in [1.54, 1.807) is 38.1 Å². The summed E-state index contributed by atoms with van der Waals surface area (Å²) < 4.78 is 5.67. The van der Waals surface area contributed by atoms with Crippen molar-refractivity contribution in [3.05, 3.63) is 29.3 Å². The quantitative estimate of drug-likeness (QED) is 0.379. The first kappa shape index (κ1) is 22.6. The van der Waals surface area contributed by atoms with Gasteiger partial charge >= 0.3 is 0 Å². The van der Waals surface area contributed by atoms with Gasteiger partial charge in [0.15, 0.2) is 5.60 Å². The molecule has 0 unspecified atom stereocenters. The fourth-order valence-electron chi connectivity index (χ4n) is 2.34. The number of rotatable bonds is 9. The molecule has 1 rings (SSSR count). The van der Waals surface area contributed by atoms with Gasteiger partial charge in [0.2, 0.25) is 0 Å². The van der Waals surface area contributed by atoms with Gasteiger partial charge in [-0.1, -0.05) is 11.6 Å². The normalized spacial score (nSPS) is 16.5. The van der Waals surface area contributed by atoms with Crippen LogP contribution >= 0.6 is 11.6 Å². The van der Waals surface area contributed by atoms with Crippen molar-refractivity contribution in [2.75, 3.05) is 20.2 Å². The lowest BCUT2D eigenvalue weighted by Crippen LogP contribution is -2.53. The number of hydrogen-bond donors (Lipinski definition) is 5. The van der Waals surface area contributed by atoms with Crippen molar-refractivity contribution in [1.29, 1.82) is 0 Å². The van der Waals surface area contributed by atoms with Crippen molar-refractivity contribution in [2.45, 2.75) is 43.9 Å². The van der Waals surface area contributed by atoms with Gasteiger partial charge < -0.3 is 35.2 Å². The van der Waals surface area contributed by atoms with E-state index in [4.69, 9.17) is 21.4 Å². The van der Waals surface area contributed by atoms with Crippen LogP contribution in [0, 0.1) is 0 Å². The average Bonchev–Trinajstić information content (AvgIpc) is 2.60. The van der Waals surface area contributed by atoms with E-state index in [0.717, 1.165) is 4.90 Å². The molecule has 0 aliphatic rings. The van der Waals surface area contributed by atoms with Gasteiger partial charge in [0.25, 0.3) is 5.91 Å². The van der Waals surface area contributed by atoms with Gasteiger partial charge in [-0.3, -0.25) is 4.79 Å². The predicted octanol–water partition coefficient (Wildman–Crippen LogP) is -0.608. The molecule has 1 amide bonds. The smallest absolute Gasteiger partial charge is 0.266 e. The van der Waals surface area contributed by atoms with Crippen molar-refractivity contribution in [3.63, 3.8) is 0 Å². The number of benzene rings is 1. The van der Waals surface area contributed by atoms with Crippen LogP contribution in [0.1, 0.15) is 13.8 Å². The molecule has 0 aromatic heterocycles. The van der Waals surface area contributed by atoms with Crippen molar-refractivity contribution in [1.82, 2.24) is 4.90 Å². The number of ether oxygens (including phenoxy) is 1. The number of carbonyl (C=O) groups excluding carboxylic acids is 1. The van der Waals surface area contributed by atoms with Gasteiger partial charge in [-0.05, 0) is 38.1 Å². The fraction of sp³-hybridized carbons (Fsp3) is 0.588. The number of hydrogen-bond acceptors (Lipinski definition) is 7. The second kappa shape index (κ2) is 9.50. The zero-order valence-electron chi connectivity index (χ0n) is 14.9. The van der Waals surface area contributed by atoms with E-state index in [1.807, 2.05) is 0 Å². The second-order valence-corrected chi connectivity index (χ2v) is 6.99. The molecule has 0 saturated carbocycles. The van der Waals surface area contributed by atoms with Crippen LogP contribution in [0.5, 0.6) is 5.75 Å². The van der Waals surface area contributed by atoms with Crippen molar-refractivity contribution in [2.24, 2.45) is 0 Å². The van der Waals surface area contributed by atoms with Gasteiger partial charge in [-0.25, -0.2) is 0 Å². The third kappa shape index (κ3) is 6.08. The van der Waals surface area contributed by atoms with Crippen LogP contribution in [0.4, 0.5) is 0 Å². The van der Waals surface area contributed by atoms with Crippen LogP contribution in [0.2, 0.25) is 5.02 Å². The highest BCUT2D eigenvalue weighted by atomic mass is 35.5. The van der Waals surface area contributed by atoms with E-state index in [2.05, 4.69) is 0 Å². The number of aliphatic hydroxyl groups is 5. The Bertz CT molecular complexity index is 581. The number of halogens is 1. The molecule has 26 heavy (non-hydrogen) atoms. The minimum absolute atomic E-state index is 0.317. The summed E-state index contributed by atoms with van der Waals surface area (Å²) in [7, 11) is 1.40. The summed E-state index contributed by atoms with van der Waals surface area (Å²) in [5, 5.41) is 48.1. The Morgan fingerprint density at radius 1 is 1.12 bits per heavy atom. The standard InChI is InChI=1S/C17H26ClNO7/c1-17(2,26-11-6-4-10(18)5-7-11)16(25)19(3)8-12(21)14(23)15(24)13(22)9-20/h4-7,12-15,20-24H,8-9H2,1-3H3/t12-,13+,14-,15-/m0/s1. The van der Waals surface area contributed by atoms with Crippen molar-refractivity contribution < 1.29 is 35.1 Å². The Labute approximate surface area is 157 Å². The molecule has 0 aliphatic heterocycles. The third-order valence-corrected chi connectivity index (χ3v) is 4.09. The van der Waals surface area contributed by atoms with Crippen molar-refractivity contribution in [3.8, 4) is 5.75 Å². The molecular weight excluding hydrogens is 366 g/mol. The third-order valence-electron chi connectivity index (χ3n) is 3.83. The van der Waals surface area contributed by atoms with E-state index in [1.165, 1.54) is 7.05 Å². The van der Waals surface area contributed by atoms with E-state index in [9.17, 15) is 25.2 Å². The van der Waals surface area contributed by atoms with Gasteiger partial charge in [-0.15, -0.1) is 0 Å².